The molecule has 1 N–H and O–H groups in total. The standard InChI is InChI=1S/C15H17BrFNO2/c1-4-15(5-2,6-3)18-14(19)10-20-13-8-7-11(17)9-12(13)16/h1,7-9H,5-6,10H2,2-3H3,(H,18,19). The highest BCUT2D eigenvalue weighted by Crippen LogP contribution is 2.25. The van der Waals surface area contributed by atoms with Gasteiger partial charge in [-0.1, -0.05) is 19.8 Å². The lowest BCUT2D eigenvalue weighted by Gasteiger charge is -2.27. The van der Waals surface area contributed by atoms with Gasteiger partial charge in [-0.2, -0.15) is 0 Å². The van der Waals surface area contributed by atoms with Gasteiger partial charge in [0.15, 0.2) is 6.61 Å². The smallest absolute Gasteiger partial charge is 0.259 e. The second kappa shape index (κ2) is 7.30. The van der Waals surface area contributed by atoms with Gasteiger partial charge in [0.1, 0.15) is 17.1 Å². The van der Waals surface area contributed by atoms with Gasteiger partial charge in [-0.15, -0.1) is 6.42 Å². The highest BCUT2D eigenvalue weighted by molar-refractivity contribution is 9.10. The summed E-state index contributed by atoms with van der Waals surface area (Å²) in [6.45, 7) is 3.66. The maximum Gasteiger partial charge on any atom is 0.259 e. The SMILES string of the molecule is C#CC(CC)(CC)NC(=O)COc1ccc(F)cc1Br. The largest absolute Gasteiger partial charge is 0.483 e. The molecular formula is C15H17BrFNO2. The fraction of sp³-hybridized carbons (Fsp3) is 0.400. The van der Waals surface area contributed by atoms with Crippen molar-refractivity contribution in [2.24, 2.45) is 0 Å². The summed E-state index contributed by atoms with van der Waals surface area (Å²) in [4.78, 5) is 11.9. The molecule has 0 aliphatic carbocycles. The number of nitrogens with one attached hydrogen (secondary N) is 1. The number of amides is 1. The monoisotopic (exact) mass is 341 g/mol. The van der Waals surface area contributed by atoms with Crippen molar-refractivity contribution in [3.05, 3.63) is 28.5 Å². The molecule has 0 spiro atoms. The summed E-state index contributed by atoms with van der Waals surface area (Å²) in [7, 11) is 0. The van der Waals surface area contributed by atoms with Crippen LogP contribution in [-0.4, -0.2) is 18.1 Å². The topological polar surface area (TPSA) is 38.3 Å². The number of hydrogen-bond acceptors (Lipinski definition) is 2. The highest BCUT2D eigenvalue weighted by atomic mass is 79.9. The quantitative estimate of drug-likeness (QED) is 0.806. The van der Waals surface area contributed by atoms with Crippen molar-refractivity contribution in [2.75, 3.05) is 6.61 Å². The molecule has 108 valence electrons. The van der Waals surface area contributed by atoms with E-state index >= 15 is 0 Å². The molecule has 1 aromatic carbocycles. The summed E-state index contributed by atoms with van der Waals surface area (Å²) in [6, 6.07) is 4.00. The van der Waals surface area contributed by atoms with Crippen LogP contribution in [0.5, 0.6) is 5.75 Å². The predicted molar refractivity (Wildman–Crippen MR) is 79.9 cm³/mol. The fourth-order valence-corrected chi connectivity index (χ4v) is 2.17. The lowest BCUT2D eigenvalue weighted by atomic mass is 9.94. The van der Waals surface area contributed by atoms with Gasteiger partial charge in [0.2, 0.25) is 0 Å². The number of carbonyl (C=O) groups is 1. The van der Waals surface area contributed by atoms with E-state index in [-0.39, 0.29) is 18.3 Å². The Balaban J connectivity index is 2.62. The number of halogens is 2. The van der Waals surface area contributed by atoms with Crippen LogP contribution < -0.4 is 10.1 Å². The van der Waals surface area contributed by atoms with Gasteiger partial charge in [0, 0.05) is 0 Å². The van der Waals surface area contributed by atoms with Crippen molar-refractivity contribution in [1.82, 2.24) is 5.32 Å². The first-order chi connectivity index (χ1) is 9.46. The van der Waals surface area contributed by atoms with Crippen LogP contribution in [0, 0.1) is 18.2 Å². The van der Waals surface area contributed by atoms with E-state index in [1.54, 1.807) is 0 Å². The minimum absolute atomic E-state index is 0.173. The third-order valence-corrected chi connectivity index (χ3v) is 3.73. The van der Waals surface area contributed by atoms with E-state index in [1.807, 2.05) is 13.8 Å². The molecule has 0 unspecified atom stereocenters. The van der Waals surface area contributed by atoms with Gasteiger partial charge in [0.25, 0.3) is 5.91 Å². The van der Waals surface area contributed by atoms with E-state index in [1.165, 1.54) is 18.2 Å². The van der Waals surface area contributed by atoms with Crippen LogP contribution in [0.25, 0.3) is 0 Å². The molecule has 0 heterocycles. The van der Waals surface area contributed by atoms with Crippen LogP contribution in [0.15, 0.2) is 22.7 Å². The Labute approximate surface area is 127 Å². The molecule has 0 saturated heterocycles. The summed E-state index contributed by atoms with van der Waals surface area (Å²) in [5, 5.41) is 2.79. The Kier molecular flexibility index (Phi) is 6.03. The van der Waals surface area contributed by atoms with Gasteiger partial charge in [-0.3, -0.25) is 4.79 Å². The van der Waals surface area contributed by atoms with E-state index in [0.29, 0.717) is 23.1 Å². The van der Waals surface area contributed by atoms with Gasteiger partial charge in [-0.05, 0) is 47.0 Å². The van der Waals surface area contributed by atoms with Crippen molar-refractivity contribution in [1.29, 1.82) is 0 Å². The molecular weight excluding hydrogens is 325 g/mol. The van der Waals surface area contributed by atoms with Crippen LogP contribution in [-0.2, 0) is 4.79 Å². The van der Waals surface area contributed by atoms with E-state index in [4.69, 9.17) is 11.2 Å². The highest BCUT2D eigenvalue weighted by Gasteiger charge is 2.25. The van der Waals surface area contributed by atoms with Crippen LogP contribution in [0.4, 0.5) is 4.39 Å². The van der Waals surface area contributed by atoms with Crippen LogP contribution in [0.1, 0.15) is 26.7 Å². The zero-order valence-electron chi connectivity index (χ0n) is 11.5. The number of terminal acetylenes is 1. The summed E-state index contributed by atoms with van der Waals surface area (Å²) >= 11 is 3.17. The molecule has 3 nitrogen and oxygen atoms in total. The lowest BCUT2D eigenvalue weighted by Crippen LogP contribution is -2.48. The van der Waals surface area contributed by atoms with E-state index < -0.39 is 5.54 Å². The normalized spacial score (nSPS) is 10.8. The molecule has 0 aromatic heterocycles. The first kappa shape index (κ1) is 16.5. The molecule has 20 heavy (non-hydrogen) atoms. The number of carbonyl (C=O) groups excluding carboxylic acids is 1. The van der Waals surface area contributed by atoms with E-state index in [2.05, 4.69) is 27.2 Å². The molecule has 0 atom stereocenters. The molecule has 0 saturated carbocycles. The zero-order chi connectivity index (χ0) is 15.2. The summed E-state index contributed by atoms with van der Waals surface area (Å²) in [5.41, 5.74) is -0.638. The average Bonchev–Trinajstić information content (AvgIpc) is 2.44. The summed E-state index contributed by atoms with van der Waals surface area (Å²) < 4.78 is 18.7. The van der Waals surface area contributed by atoms with E-state index in [0.717, 1.165) is 0 Å². The third kappa shape index (κ3) is 4.24. The van der Waals surface area contributed by atoms with Gasteiger partial charge in [0.05, 0.1) is 4.47 Å². The molecule has 1 rings (SSSR count). The summed E-state index contributed by atoms with van der Waals surface area (Å²) in [5.74, 6) is 2.34. The molecule has 0 aliphatic rings. The zero-order valence-corrected chi connectivity index (χ0v) is 13.1. The van der Waals surface area contributed by atoms with Crippen molar-refractivity contribution >= 4 is 21.8 Å². The Morgan fingerprint density at radius 1 is 1.50 bits per heavy atom. The van der Waals surface area contributed by atoms with Crippen LogP contribution >= 0.6 is 15.9 Å². The number of benzene rings is 1. The number of ether oxygens (including phenoxy) is 1. The number of rotatable bonds is 6. The maximum atomic E-state index is 12.9. The molecule has 0 aliphatic heterocycles. The first-order valence-corrected chi connectivity index (χ1v) is 7.12. The Morgan fingerprint density at radius 2 is 2.15 bits per heavy atom. The molecule has 0 fully saturated rings. The second-order valence-electron chi connectivity index (χ2n) is 4.35. The minimum atomic E-state index is -0.638. The maximum absolute atomic E-state index is 12.9. The van der Waals surface area contributed by atoms with Crippen molar-refractivity contribution < 1.29 is 13.9 Å². The third-order valence-electron chi connectivity index (χ3n) is 3.11. The van der Waals surface area contributed by atoms with Crippen molar-refractivity contribution in [3.63, 3.8) is 0 Å². The van der Waals surface area contributed by atoms with Crippen molar-refractivity contribution in [2.45, 2.75) is 32.2 Å². The van der Waals surface area contributed by atoms with E-state index in [9.17, 15) is 9.18 Å². The van der Waals surface area contributed by atoms with Crippen molar-refractivity contribution in [3.8, 4) is 18.1 Å². The lowest BCUT2D eigenvalue weighted by molar-refractivity contribution is -0.124. The summed E-state index contributed by atoms with van der Waals surface area (Å²) in [6.07, 6.45) is 6.76. The first-order valence-electron chi connectivity index (χ1n) is 6.33. The van der Waals surface area contributed by atoms with Gasteiger partial charge < -0.3 is 10.1 Å². The Morgan fingerprint density at radius 3 is 2.65 bits per heavy atom. The second-order valence-corrected chi connectivity index (χ2v) is 5.20. The minimum Gasteiger partial charge on any atom is -0.483 e. The van der Waals surface area contributed by atoms with Crippen LogP contribution in [0.3, 0.4) is 0 Å². The molecule has 0 radical (unpaired) electrons. The molecule has 5 heteroatoms. The number of hydrogen-bond donors (Lipinski definition) is 1. The van der Waals surface area contributed by atoms with Gasteiger partial charge in [-0.25, -0.2) is 4.39 Å². The fourth-order valence-electron chi connectivity index (χ4n) is 1.71. The Bertz CT molecular complexity index is 521. The molecule has 1 amide bonds. The average molecular weight is 342 g/mol. The van der Waals surface area contributed by atoms with Crippen LogP contribution in [0.2, 0.25) is 0 Å². The molecule has 0 bridgehead atoms. The Hall–Kier alpha value is -1.54. The molecule has 1 aromatic rings. The predicted octanol–water partition coefficient (Wildman–Crippen LogP) is 3.28. The van der Waals surface area contributed by atoms with Gasteiger partial charge >= 0.3 is 0 Å².